The summed E-state index contributed by atoms with van der Waals surface area (Å²) in [6.07, 6.45) is 1.82. The van der Waals surface area contributed by atoms with Gasteiger partial charge in [-0.05, 0) is 18.9 Å². The second kappa shape index (κ2) is 5.19. The highest BCUT2D eigenvalue weighted by molar-refractivity contribution is 5.67. The summed E-state index contributed by atoms with van der Waals surface area (Å²) in [7, 11) is 0. The van der Waals surface area contributed by atoms with Crippen LogP contribution in [-0.4, -0.2) is 34.1 Å². The van der Waals surface area contributed by atoms with Gasteiger partial charge in [0.05, 0.1) is 22.5 Å². The monoisotopic (exact) mass is 267 g/mol. The highest BCUT2D eigenvalue weighted by Gasteiger charge is 2.33. The summed E-state index contributed by atoms with van der Waals surface area (Å²) < 4.78 is 0. The molecule has 0 aromatic heterocycles. The quantitative estimate of drug-likeness (QED) is 0.617. The minimum absolute atomic E-state index is 0.120. The highest BCUT2D eigenvalue weighted by atomic mass is 16.6. The summed E-state index contributed by atoms with van der Waals surface area (Å²) in [5.74, 6) is 0. The van der Waals surface area contributed by atoms with Gasteiger partial charge in [0.1, 0.15) is 5.69 Å². The van der Waals surface area contributed by atoms with Crippen molar-refractivity contribution < 1.29 is 15.0 Å². The minimum atomic E-state index is -0.662. The molecule has 0 amide bonds. The summed E-state index contributed by atoms with van der Waals surface area (Å²) in [4.78, 5) is 22.1. The predicted octanol–water partition coefficient (Wildman–Crippen LogP) is 1.46. The lowest BCUT2D eigenvalue weighted by molar-refractivity contribution is -0.393. The predicted molar refractivity (Wildman–Crippen MR) is 67.2 cm³/mol. The van der Waals surface area contributed by atoms with Crippen LogP contribution in [0.2, 0.25) is 0 Å². The molecule has 2 rings (SSSR count). The highest BCUT2D eigenvalue weighted by Crippen LogP contribution is 2.38. The molecule has 0 unspecified atom stereocenters. The number of anilines is 1. The first-order chi connectivity index (χ1) is 9.04. The maximum absolute atomic E-state index is 11.0. The first-order valence-electron chi connectivity index (χ1n) is 5.85. The summed E-state index contributed by atoms with van der Waals surface area (Å²) in [5, 5.41) is 30.7. The Labute approximate surface area is 108 Å². The Morgan fingerprint density at radius 1 is 1.26 bits per heavy atom. The number of aliphatic hydroxyl groups is 1. The van der Waals surface area contributed by atoms with E-state index >= 15 is 0 Å². The normalized spacial score (nSPS) is 14.2. The van der Waals surface area contributed by atoms with Gasteiger partial charge in [-0.15, -0.1) is 0 Å². The number of hydrogen-bond acceptors (Lipinski definition) is 6. The number of nitro benzene ring substituents is 2. The molecule has 1 N–H and O–H groups in total. The van der Waals surface area contributed by atoms with E-state index in [9.17, 15) is 20.2 Å². The first kappa shape index (κ1) is 13.2. The molecule has 0 atom stereocenters. The third-order valence-electron chi connectivity index (χ3n) is 3.00. The van der Waals surface area contributed by atoms with E-state index in [0.717, 1.165) is 18.9 Å². The Hall–Kier alpha value is -2.22. The molecule has 8 heteroatoms. The fraction of sp³-hybridized carbons (Fsp3) is 0.455. The standard InChI is InChI=1S/C11H13N3O5/c15-6-5-12(8-1-2-8)10-4-3-9(13(16)17)7-11(10)14(18)19/h3-4,7-8,15H,1-2,5-6H2. The van der Waals surface area contributed by atoms with Gasteiger partial charge in [-0.2, -0.15) is 0 Å². The maximum atomic E-state index is 11.0. The zero-order valence-corrected chi connectivity index (χ0v) is 10.1. The van der Waals surface area contributed by atoms with Crippen LogP contribution < -0.4 is 4.90 Å². The molecule has 1 aromatic rings. The van der Waals surface area contributed by atoms with Gasteiger partial charge in [0.25, 0.3) is 11.4 Å². The van der Waals surface area contributed by atoms with Crippen LogP contribution in [0.15, 0.2) is 18.2 Å². The van der Waals surface area contributed by atoms with Crippen molar-refractivity contribution in [2.24, 2.45) is 0 Å². The van der Waals surface area contributed by atoms with Gasteiger partial charge in [-0.25, -0.2) is 0 Å². The second-order valence-electron chi connectivity index (χ2n) is 4.34. The molecular weight excluding hydrogens is 254 g/mol. The van der Waals surface area contributed by atoms with Crippen molar-refractivity contribution in [2.75, 3.05) is 18.1 Å². The molecule has 0 heterocycles. The van der Waals surface area contributed by atoms with Crippen LogP contribution >= 0.6 is 0 Å². The van der Waals surface area contributed by atoms with Crippen molar-refractivity contribution in [1.29, 1.82) is 0 Å². The van der Waals surface area contributed by atoms with Gasteiger partial charge < -0.3 is 10.0 Å². The van der Waals surface area contributed by atoms with Crippen molar-refractivity contribution in [3.05, 3.63) is 38.4 Å². The average Bonchev–Trinajstić information content (AvgIpc) is 3.19. The Morgan fingerprint density at radius 3 is 2.42 bits per heavy atom. The molecule has 8 nitrogen and oxygen atoms in total. The topological polar surface area (TPSA) is 110 Å². The summed E-state index contributed by atoms with van der Waals surface area (Å²) in [5.41, 5.74) is -0.281. The molecule has 1 aliphatic carbocycles. The van der Waals surface area contributed by atoms with Crippen molar-refractivity contribution in [3.63, 3.8) is 0 Å². The molecule has 0 bridgehead atoms. The lowest BCUT2D eigenvalue weighted by Crippen LogP contribution is -2.29. The lowest BCUT2D eigenvalue weighted by Gasteiger charge is -2.23. The van der Waals surface area contributed by atoms with Crippen LogP contribution in [0, 0.1) is 20.2 Å². The van der Waals surface area contributed by atoms with Gasteiger partial charge in [-0.3, -0.25) is 20.2 Å². The third kappa shape index (κ3) is 2.79. The van der Waals surface area contributed by atoms with Gasteiger partial charge >= 0.3 is 0 Å². The molecule has 19 heavy (non-hydrogen) atoms. The largest absolute Gasteiger partial charge is 0.395 e. The van der Waals surface area contributed by atoms with Crippen LogP contribution in [-0.2, 0) is 0 Å². The van der Waals surface area contributed by atoms with Crippen LogP contribution in [0.3, 0.4) is 0 Å². The molecule has 0 aliphatic heterocycles. The minimum Gasteiger partial charge on any atom is -0.395 e. The Kier molecular flexibility index (Phi) is 3.61. The Balaban J connectivity index is 2.42. The van der Waals surface area contributed by atoms with Crippen molar-refractivity contribution in [2.45, 2.75) is 18.9 Å². The van der Waals surface area contributed by atoms with E-state index in [1.807, 2.05) is 0 Å². The van der Waals surface area contributed by atoms with Crippen LogP contribution in [0.25, 0.3) is 0 Å². The number of nitro groups is 2. The average molecular weight is 267 g/mol. The Morgan fingerprint density at radius 2 is 1.95 bits per heavy atom. The van der Waals surface area contributed by atoms with Gasteiger partial charge in [-0.1, -0.05) is 0 Å². The summed E-state index contributed by atoms with van der Waals surface area (Å²) >= 11 is 0. The van der Waals surface area contributed by atoms with E-state index in [0.29, 0.717) is 5.69 Å². The first-order valence-corrected chi connectivity index (χ1v) is 5.85. The molecule has 0 saturated heterocycles. The lowest BCUT2D eigenvalue weighted by atomic mass is 10.2. The van der Waals surface area contributed by atoms with E-state index in [1.165, 1.54) is 12.1 Å². The molecule has 1 fully saturated rings. The van der Waals surface area contributed by atoms with E-state index in [4.69, 9.17) is 5.11 Å². The van der Waals surface area contributed by atoms with E-state index in [-0.39, 0.29) is 30.6 Å². The summed E-state index contributed by atoms with van der Waals surface area (Å²) in [6.45, 7) is 0.161. The molecule has 102 valence electrons. The second-order valence-corrected chi connectivity index (χ2v) is 4.34. The van der Waals surface area contributed by atoms with Crippen molar-refractivity contribution in [3.8, 4) is 0 Å². The fourth-order valence-corrected chi connectivity index (χ4v) is 2.01. The number of hydrogen-bond donors (Lipinski definition) is 1. The number of benzene rings is 1. The third-order valence-corrected chi connectivity index (χ3v) is 3.00. The zero-order chi connectivity index (χ0) is 14.0. The maximum Gasteiger partial charge on any atom is 0.299 e. The number of rotatable bonds is 6. The number of nitrogens with zero attached hydrogens (tertiary/aromatic N) is 3. The van der Waals surface area contributed by atoms with Crippen LogP contribution in [0.4, 0.5) is 17.1 Å². The smallest absolute Gasteiger partial charge is 0.299 e. The molecule has 1 aliphatic rings. The van der Waals surface area contributed by atoms with Gasteiger partial charge in [0, 0.05) is 18.7 Å². The van der Waals surface area contributed by atoms with E-state index in [1.54, 1.807) is 4.90 Å². The number of aliphatic hydroxyl groups excluding tert-OH is 1. The summed E-state index contributed by atoms with van der Waals surface area (Å²) in [6, 6.07) is 3.76. The van der Waals surface area contributed by atoms with E-state index < -0.39 is 9.85 Å². The van der Waals surface area contributed by atoms with Gasteiger partial charge in [0.2, 0.25) is 0 Å². The van der Waals surface area contributed by atoms with E-state index in [2.05, 4.69) is 0 Å². The molecule has 0 spiro atoms. The van der Waals surface area contributed by atoms with Crippen molar-refractivity contribution in [1.82, 2.24) is 0 Å². The van der Waals surface area contributed by atoms with Crippen LogP contribution in [0.5, 0.6) is 0 Å². The van der Waals surface area contributed by atoms with Crippen molar-refractivity contribution >= 4 is 17.1 Å². The SMILES string of the molecule is O=[N+]([O-])c1ccc(N(CCO)C2CC2)c([N+](=O)[O-])c1. The fourth-order valence-electron chi connectivity index (χ4n) is 2.01. The Bertz CT molecular complexity index is 515. The molecular formula is C11H13N3O5. The zero-order valence-electron chi connectivity index (χ0n) is 10.1. The van der Waals surface area contributed by atoms with Crippen LogP contribution in [0.1, 0.15) is 12.8 Å². The van der Waals surface area contributed by atoms with Gasteiger partial charge in [0.15, 0.2) is 0 Å². The molecule has 1 aromatic carbocycles. The molecule has 1 saturated carbocycles. The molecule has 0 radical (unpaired) electrons. The number of non-ortho nitro benzene ring substituents is 1.